The predicted octanol–water partition coefficient (Wildman–Crippen LogP) is 2.48. The van der Waals surface area contributed by atoms with Crippen LogP contribution in [0.1, 0.15) is 36.8 Å². The highest BCUT2D eigenvalue weighted by atomic mass is 32.2. The molecule has 0 aromatic heterocycles. The summed E-state index contributed by atoms with van der Waals surface area (Å²) in [7, 11) is 0. The first-order valence-electron chi connectivity index (χ1n) is 7.32. The summed E-state index contributed by atoms with van der Waals surface area (Å²) < 4.78 is 0. The number of hydrogen-bond acceptors (Lipinski definition) is 3. The second-order valence-electron chi connectivity index (χ2n) is 5.43. The molecule has 110 valence electrons. The van der Waals surface area contributed by atoms with Crippen LogP contribution < -0.4 is 11.1 Å². The number of benzene rings is 1. The van der Waals surface area contributed by atoms with Gasteiger partial charge in [-0.3, -0.25) is 4.79 Å². The molecular weight excluding hydrogens is 268 g/mol. The molecule has 3 N–H and O–H groups in total. The van der Waals surface area contributed by atoms with Crippen molar-refractivity contribution < 1.29 is 4.79 Å². The molecule has 1 aromatic rings. The quantitative estimate of drug-likeness (QED) is 0.876. The lowest BCUT2D eigenvalue weighted by Crippen LogP contribution is -2.39. The van der Waals surface area contributed by atoms with Gasteiger partial charge in [-0.2, -0.15) is 11.8 Å². The van der Waals surface area contributed by atoms with Crippen molar-refractivity contribution in [3.8, 4) is 0 Å². The fourth-order valence-electron chi connectivity index (χ4n) is 2.82. The maximum Gasteiger partial charge on any atom is 0.224 e. The molecule has 0 aliphatic heterocycles. The topological polar surface area (TPSA) is 55.1 Å². The molecule has 20 heavy (non-hydrogen) atoms. The monoisotopic (exact) mass is 292 g/mol. The van der Waals surface area contributed by atoms with Crippen LogP contribution in [0, 0.1) is 0 Å². The van der Waals surface area contributed by atoms with Gasteiger partial charge in [0.25, 0.3) is 0 Å². The number of carbonyl (C=O) groups is 1. The van der Waals surface area contributed by atoms with Gasteiger partial charge in [0.1, 0.15) is 0 Å². The van der Waals surface area contributed by atoms with Crippen molar-refractivity contribution in [1.82, 2.24) is 5.32 Å². The van der Waals surface area contributed by atoms with Gasteiger partial charge in [-0.15, -0.1) is 0 Å². The molecule has 0 radical (unpaired) electrons. The number of amides is 1. The van der Waals surface area contributed by atoms with Crippen LogP contribution in [-0.2, 0) is 17.8 Å². The molecule has 1 saturated carbocycles. The van der Waals surface area contributed by atoms with Gasteiger partial charge >= 0.3 is 0 Å². The van der Waals surface area contributed by atoms with Crippen molar-refractivity contribution in [3.05, 3.63) is 35.4 Å². The molecule has 0 heterocycles. The summed E-state index contributed by atoms with van der Waals surface area (Å²) in [6, 6.07) is 8.27. The van der Waals surface area contributed by atoms with Gasteiger partial charge in [0.2, 0.25) is 5.91 Å². The number of carbonyl (C=O) groups excluding carboxylic acids is 1. The summed E-state index contributed by atoms with van der Waals surface area (Å²) in [5, 5.41) is 3.95. The summed E-state index contributed by atoms with van der Waals surface area (Å²) in [6.45, 7) is 0.488. The zero-order valence-electron chi connectivity index (χ0n) is 12.1. The molecule has 2 rings (SSSR count). The molecule has 1 aliphatic carbocycles. The minimum Gasteiger partial charge on any atom is -0.353 e. The van der Waals surface area contributed by atoms with Crippen molar-refractivity contribution in [2.75, 3.05) is 6.26 Å². The van der Waals surface area contributed by atoms with E-state index in [1.165, 1.54) is 12.8 Å². The molecule has 1 amide bonds. The average Bonchev–Trinajstić information content (AvgIpc) is 2.48. The molecule has 0 atom stereocenters. The molecule has 0 unspecified atom stereocenters. The maximum atomic E-state index is 12.1. The van der Waals surface area contributed by atoms with Gasteiger partial charge in [-0.1, -0.05) is 24.3 Å². The van der Waals surface area contributed by atoms with E-state index >= 15 is 0 Å². The van der Waals surface area contributed by atoms with E-state index in [1.807, 2.05) is 36.0 Å². The Morgan fingerprint density at radius 2 is 1.90 bits per heavy atom. The largest absolute Gasteiger partial charge is 0.353 e. The Hall–Kier alpha value is -1.00. The SMILES string of the molecule is CSC1CCC(NC(=O)Cc2ccccc2CN)CC1. The average molecular weight is 292 g/mol. The van der Waals surface area contributed by atoms with Gasteiger partial charge < -0.3 is 11.1 Å². The Labute approximate surface area is 125 Å². The van der Waals surface area contributed by atoms with Crippen molar-refractivity contribution in [2.45, 2.75) is 49.9 Å². The van der Waals surface area contributed by atoms with Crippen LogP contribution in [0.5, 0.6) is 0 Å². The summed E-state index contributed by atoms with van der Waals surface area (Å²) >= 11 is 1.95. The summed E-state index contributed by atoms with van der Waals surface area (Å²) in [5.74, 6) is 0.124. The lowest BCUT2D eigenvalue weighted by Gasteiger charge is -2.28. The van der Waals surface area contributed by atoms with E-state index in [4.69, 9.17) is 5.73 Å². The van der Waals surface area contributed by atoms with Gasteiger partial charge in [-0.25, -0.2) is 0 Å². The molecule has 0 saturated heterocycles. The Balaban J connectivity index is 1.84. The normalized spacial score (nSPS) is 22.5. The van der Waals surface area contributed by atoms with Crippen LogP contribution in [0.3, 0.4) is 0 Å². The van der Waals surface area contributed by atoms with Crippen LogP contribution in [0.2, 0.25) is 0 Å². The minimum absolute atomic E-state index is 0.124. The first kappa shape index (κ1) is 15.4. The number of nitrogens with two attached hydrogens (primary N) is 1. The van der Waals surface area contributed by atoms with E-state index in [0.717, 1.165) is 29.2 Å². The molecule has 3 nitrogen and oxygen atoms in total. The summed E-state index contributed by atoms with van der Waals surface area (Å²) in [6.07, 6.45) is 7.26. The molecule has 1 aromatic carbocycles. The highest BCUT2D eigenvalue weighted by Gasteiger charge is 2.21. The van der Waals surface area contributed by atoms with E-state index in [2.05, 4.69) is 11.6 Å². The Kier molecular flexibility index (Phi) is 5.92. The highest BCUT2D eigenvalue weighted by molar-refractivity contribution is 7.99. The zero-order chi connectivity index (χ0) is 14.4. The molecule has 1 aliphatic rings. The molecular formula is C16H24N2OS. The third-order valence-corrected chi connectivity index (χ3v) is 5.20. The van der Waals surface area contributed by atoms with Crippen molar-refractivity contribution in [2.24, 2.45) is 5.73 Å². The van der Waals surface area contributed by atoms with Crippen LogP contribution in [0.15, 0.2) is 24.3 Å². The first-order valence-corrected chi connectivity index (χ1v) is 8.60. The van der Waals surface area contributed by atoms with Gasteiger partial charge in [0.05, 0.1) is 6.42 Å². The smallest absolute Gasteiger partial charge is 0.224 e. The Bertz CT molecular complexity index is 442. The Morgan fingerprint density at radius 3 is 2.50 bits per heavy atom. The Morgan fingerprint density at radius 1 is 1.25 bits per heavy atom. The van der Waals surface area contributed by atoms with Crippen molar-refractivity contribution in [3.63, 3.8) is 0 Å². The third-order valence-electron chi connectivity index (χ3n) is 4.06. The van der Waals surface area contributed by atoms with E-state index in [-0.39, 0.29) is 5.91 Å². The maximum absolute atomic E-state index is 12.1. The lowest BCUT2D eigenvalue weighted by molar-refractivity contribution is -0.121. The summed E-state index contributed by atoms with van der Waals surface area (Å²) in [5.41, 5.74) is 7.82. The molecule has 1 fully saturated rings. The van der Waals surface area contributed by atoms with Gasteiger partial charge in [0.15, 0.2) is 0 Å². The van der Waals surface area contributed by atoms with Crippen molar-refractivity contribution >= 4 is 17.7 Å². The van der Waals surface area contributed by atoms with Gasteiger partial charge in [0, 0.05) is 17.8 Å². The van der Waals surface area contributed by atoms with Gasteiger partial charge in [-0.05, 0) is 43.1 Å². The number of rotatable bonds is 5. The van der Waals surface area contributed by atoms with E-state index in [0.29, 0.717) is 19.0 Å². The van der Waals surface area contributed by atoms with E-state index < -0.39 is 0 Å². The standard InChI is InChI=1S/C16H24N2OS/c1-20-15-8-6-14(7-9-15)18-16(19)10-12-4-2-3-5-13(12)11-17/h2-5,14-15H,6-11,17H2,1H3,(H,18,19). The minimum atomic E-state index is 0.124. The lowest BCUT2D eigenvalue weighted by atomic mass is 9.94. The third kappa shape index (κ3) is 4.25. The molecule has 0 bridgehead atoms. The van der Waals surface area contributed by atoms with Crippen LogP contribution in [0.25, 0.3) is 0 Å². The molecule has 0 spiro atoms. The predicted molar refractivity (Wildman–Crippen MR) is 85.7 cm³/mol. The zero-order valence-corrected chi connectivity index (χ0v) is 12.9. The van der Waals surface area contributed by atoms with E-state index in [9.17, 15) is 4.79 Å². The number of hydrogen-bond donors (Lipinski definition) is 2. The second-order valence-corrected chi connectivity index (χ2v) is 6.56. The van der Waals surface area contributed by atoms with E-state index in [1.54, 1.807) is 0 Å². The second kappa shape index (κ2) is 7.70. The molecule has 4 heteroatoms. The van der Waals surface area contributed by atoms with Crippen LogP contribution >= 0.6 is 11.8 Å². The number of thioether (sulfide) groups is 1. The van der Waals surface area contributed by atoms with Crippen LogP contribution in [0.4, 0.5) is 0 Å². The van der Waals surface area contributed by atoms with Crippen LogP contribution in [-0.4, -0.2) is 23.5 Å². The summed E-state index contributed by atoms with van der Waals surface area (Å²) in [4.78, 5) is 12.1. The number of nitrogens with one attached hydrogen (secondary N) is 1. The highest BCUT2D eigenvalue weighted by Crippen LogP contribution is 2.26. The fourth-order valence-corrected chi connectivity index (χ4v) is 3.57. The first-order chi connectivity index (χ1) is 9.72. The fraction of sp³-hybridized carbons (Fsp3) is 0.562. The van der Waals surface area contributed by atoms with Crippen molar-refractivity contribution in [1.29, 1.82) is 0 Å².